The average Bonchev–Trinajstić information content (AvgIpc) is 2.36. The first-order valence-electron chi connectivity index (χ1n) is 5.56. The Hall–Kier alpha value is -0.740. The third-order valence-electron chi connectivity index (χ3n) is 2.79. The minimum atomic E-state index is -0.339. The van der Waals surface area contributed by atoms with E-state index in [0.717, 1.165) is 15.6 Å². The fraction of sp³-hybridized carbons (Fsp3) is 0.143. The number of methoxy groups -OCH3 is 1. The molecular weight excluding hydrogens is 349 g/mol. The minimum absolute atomic E-state index is 0.339. The second-order valence-corrected chi connectivity index (χ2v) is 5.83. The number of rotatable bonds is 3. The van der Waals surface area contributed by atoms with Crippen molar-refractivity contribution in [2.75, 3.05) is 7.11 Å². The molecule has 0 aliphatic heterocycles. The third kappa shape index (κ3) is 3.42. The van der Waals surface area contributed by atoms with Gasteiger partial charge in [0.2, 0.25) is 0 Å². The third-order valence-corrected chi connectivity index (χ3v) is 3.79. The molecular formula is C14H12BrCl2NO. The predicted octanol–water partition coefficient (Wildman–Crippen LogP) is 4.81. The molecule has 0 aliphatic rings. The standard InChI is InChI=1S/C14H12BrCl2NO/c1-19-11-2-3-12(13(17)7-11)14(18)8-4-9(15)6-10(16)5-8/h2-7,14H,18H2,1H3. The maximum absolute atomic E-state index is 6.24. The van der Waals surface area contributed by atoms with Gasteiger partial charge in [0.05, 0.1) is 13.2 Å². The fourth-order valence-electron chi connectivity index (χ4n) is 1.82. The highest BCUT2D eigenvalue weighted by Crippen LogP contribution is 2.32. The molecule has 2 rings (SSSR count). The Morgan fingerprint density at radius 3 is 2.47 bits per heavy atom. The van der Waals surface area contributed by atoms with Crippen LogP contribution in [0.1, 0.15) is 17.2 Å². The van der Waals surface area contributed by atoms with Gasteiger partial charge >= 0.3 is 0 Å². The van der Waals surface area contributed by atoms with Crippen molar-refractivity contribution in [1.82, 2.24) is 0 Å². The van der Waals surface area contributed by atoms with E-state index in [0.29, 0.717) is 15.8 Å². The maximum atomic E-state index is 6.24. The molecule has 0 saturated heterocycles. The smallest absolute Gasteiger partial charge is 0.120 e. The van der Waals surface area contributed by atoms with Crippen molar-refractivity contribution in [3.8, 4) is 5.75 Å². The molecule has 0 bridgehead atoms. The van der Waals surface area contributed by atoms with Crippen molar-refractivity contribution in [3.63, 3.8) is 0 Å². The highest BCUT2D eigenvalue weighted by atomic mass is 79.9. The van der Waals surface area contributed by atoms with E-state index in [9.17, 15) is 0 Å². The van der Waals surface area contributed by atoms with Crippen LogP contribution in [0, 0.1) is 0 Å². The van der Waals surface area contributed by atoms with Crippen LogP contribution in [0.4, 0.5) is 0 Å². The zero-order valence-electron chi connectivity index (χ0n) is 10.2. The monoisotopic (exact) mass is 359 g/mol. The summed E-state index contributed by atoms with van der Waals surface area (Å²) in [5.74, 6) is 0.702. The largest absolute Gasteiger partial charge is 0.497 e. The van der Waals surface area contributed by atoms with Crippen molar-refractivity contribution < 1.29 is 4.74 Å². The van der Waals surface area contributed by atoms with E-state index < -0.39 is 0 Å². The lowest BCUT2D eigenvalue weighted by molar-refractivity contribution is 0.414. The molecule has 5 heteroatoms. The van der Waals surface area contributed by atoms with Crippen LogP contribution < -0.4 is 10.5 Å². The van der Waals surface area contributed by atoms with Gasteiger partial charge in [0.15, 0.2) is 0 Å². The van der Waals surface area contributed by atoms with Crippen molar-refractivity contribution in [1.29, 1.82) is 0 Å². The van der Waals surface area contributed by atoms with Gasteiger partial charge in [-0.2, -0.15) is 0 Å². The molecule has 0 aromatic heterocycles. The zero-order valence-corrected chi connectivity index (χ0v) is 13.3. The zero-order chi connectivity index (χ0) is 14.0. The second-order valence-electron chi connectivity index (χ2n) is 4.07. The normalized spacial score (nSPS) is 12.3. The fourth-order valence-corrected chi connectivity index (χ4v) is 3.00. The molecule has 100 valence electrons. The van der Waals surface area contributed by atoms with Crippen LogP contribution in [-0.4, -0.2) is 7.11 Å². The lowest BCUT2D eigenvalue weighted by Gasteiger charge is -2.15. The molecule has 1 unspecified atom stereocenters. The average molecular weight is 361 g/mol. The maximum Gasteiger partial charge on any atom is 0.120 e. The summed E-state index contributed by atoms with van der Waals surface area (Å²) in [6.45, 7) is 0. The molecule has 2 N–H and O–H groups in total. The molecule has 19 heavy (non-hydrogen) atoms. The summed E-state index contributed by atoms with van der Waals surface area (Å²) in [6.07, 6.45) is 0. The lowest BCUT2D eigenvalue weighted by atomic mass is 9.99. The van der Waals surface area contributed by atoms with Crippen LogP contribution in [0.25, 0.3) is 0 Å². The van der Waals surface area contributed by atoms with E-state index >= 15 is 0 Å². The summed E-state index contributed by atoms with van der Waals surface area (Å²) in [7, 11) is 1.60. The van der Waals surface area contributed by atoms with Gasteiger partial charge in [0, 0.05) is 14.5 Å². The lowest BCUT2D eigenvalue weighted by Crippen LogP contribution is -2.12. The minimum Gasteiger partial charge on any atom is -0.497 e. The number of hydrogen-bond acceptors (Lipinski definition) is 2. The summed E-state index contributed by atoms with van der Waals surface area (Å²) >= 11 is 15.7. The first-order chi connectivity index (χ1) is 9.01. The Kier molecular flexibility index (Phi) is 4.74. The molecule has 2 nitrogen and oxygen atoms in total. The predicted molar refractivity (Wildman–Crippen MR) is 83.2 cm³/mol. The van der Waals surface area contributed by atoms with Crippen molar-refractivity contribution in [2.45, 2.75) is 6.04 Å². The van der Waals surface area contributed by atoms with Gasteiger partial charge in [0.1, 0.15) is 5.75 Å². The van der Waals surface area contributed by atoms with Crippen LogP contribution in [0.3, 0.4) is 0 Å². The number of benzene rings is 2. The van der Waals surface area contributed by atoms with Gasteiger partial charge in [-0.1, -0.05) is 45.2 Å². The first-order valence-corrected chi connectivity index (χ1v) is 7.11. The van der Waals surface area contributed by atoms with Crippen LogP contribution >= 0.6 is 39.1 Å². The van der Waals surface area contributed by atoms with Gasteiger partial charge < -0.3 is 10.5 Å². The van der Waals surface area contributed by atoms with E-state index in [4.69, 9.17) is 33.7 Å². The quantitative estimate of drug-likeness (QED) is 0.852. The number of nitrogens with two attached hydrogens (primary N) is 1. The van der Waals surface area contributed by atoms with E-state index in [1.165, 1.54) is 0 Å². The molecule has 0 aliphatic carbocycles. The van der Waals surface area contributed by atoms with Crippen LogP contribution in [0.5, 0.6) is 5.75 Å². The van der Waals surface area contributed by atoms with Gasteiger partial charge in [-0.3, -0.25) is 0 Å². The number of halogens is 3. The summed E-state index contributed by atoms with van der Waals surface area (Å²) in [4.78, 5) is 0. The Balaban J connectivity index is 2.40. The Morgan fingerprint density at radius 1 is 1.16 bits per heavy atom. The van der Waals surface area contributed by atoms with Crippen molar-refractivity contribution in [3.05, 3.63) is 62.0 Å². The van der Waals surface area contributed by atoms with Gasteiger partial charge in [-0.05, 0) is 41.5 Å². The van der Waals surface area contributed by atoms with Gasteiger partial charge in [-0.15, -0.1) is 0 Å². The van der Waals surface area contributed by atoms with Gasteiger partial charge in [0.25, 0.3) is 0 Å². The summed E-state index contributed by atoms with van der Waals surface area (Å²) < 4.78 is 6.00. The van der Waals surface area contributed by atoms with Crippen LogP contribution in [0.15, 0.2) is 40.9 Å². The first kappa shape index (κ1) is 14.7. The second kappa shape index (κ2) is 6.14. The molecule has 0 spiro atoms. The molecule has 2 aromatic rings. The van der Waals surface area contributed by atoms with Crippen LogP contribution in [-0.2, 0) is 0 Å². The van der Waals surface area contributed by atoms with Crippen LogP contribution in [0.2, 0.25) is 10.0 Å². The SMILES string of the molecule is COc1ccc(C(N)c2cc(Cl)cc(Br)c2)c(Cl)c1. The number of hydrogen-bond donors (Lipinski definition) is 1. The molecule has 0 amide bonds. The van der Waals surface area contributed by atoms with Crippen molar-refractivity contribution in [2.24, 2.45) is 5.73 Å². The molecule has 2 aromatic carbocycles. The van der Waals surface area contributed by atoms with E-state index in [1.54, 1.807) is 13.2 Å². The highest BCUT2D eigenvalue weighted by Gasteiger charge is 2.14. The summed E-state index contributed by atoms with van der Waals surface area (Å²) in [6, 6.07) is 10.7. The Morgan fingerprint density at radius 2 is 1.89 bits per heavy atom. The summed E-state index contributed by atoms with van der Waals surface area (Å²) in [5, 5.41) is 1.20. The van der Waals surface area contributed by atoms with E-state index in [2.05, 4.69) is 15.9 Å². The molecule has 0 heterocycles. The molecule has 0 saturated carbocycles. The topological polar surface area (TPSA) is 35.2 Å². The van der Waals surface area contributed by atoms with Gasteiger partial charge in [-0.25, -0.2) is 0 Å². The van der Waals surface area contributed by atoms with Crippen molar-refractivity contribution >= 4 is 39.1 Å². The Labute approximate surface area is 130 Å². The number of ether oxygens (including phenoxy) is 1. The molecule has 0 fully saturated rings. The summed E-state index contributed by atoms with van der Waals surface area (Å²) in [5.41, 5.74) is 7.97. The highest BCUT2D eigenvalue weighted by molar-refractivity contribution is 9.10. The molecule has 0 radical (unpaired) electrons. The molecule has 1 atom stereocenters. The Bertz CT molecular complexity index is 584. The van der Waals surface area contributed by atoms with E-state index in [-0.39, 0.29) is 6.04 Å². The van der Waals surface area contributed by atoms with E-state index in [1.807, 2.05) is 30.3 Å².